The molecular weight excluding hydrogens is 274 g/mol. The molecule has 2 aliphatic rings. The van der Waals surface area contributed by atoms with Gasteiger partial charge in [-0.05, 0) is 43.6 Å². The lowest BCUT2D eigenvalue weighted by atomic mass is 9.93. The van der Waals surface area contributed by atoms with Crippen molar-refractivity contribution in [1.29, 1.82) is 0 Å². The topological polar surface area (TPSA) is 37.4 Å². The molecule has 0 unspecified atom stereocenters. The van der Waals surface area contributed by atoms with Gasteiger partial charge in [0.1, 0.15) is 0 Å². The molecule has 0 saturated carbocycles. The average molecular weight is 291 g/mol. The van der Waals surface area contributed by atoms with Crippen LogP contribution in [0.4, 0.5) is 5.69 Å². The van der Waals surface area contributed by atoms with Crippen molar-refractivity contribution < 1.29 is 9.59 Å². The van der Waals surface area contributed by atoms with Gasteiger partial charge in [-0.2, -0.15) is 0 Å². The number of benzene rings is 2. The van der Waals surface area contributed by atoms with Gasteiger partial charge >= 0.3 is 0 Å². The fraction of sp³-hybridized carbons (Fsp3) is 0.263. The minimum absolute atomic E-state index is 0.112. The number of hydrogen-bond acceptors (Lipinski definition) is 2. The van der Waals surface area contributed by atoms with E-state index in [-0.39, 0.29) is 11.8 Å². The van der Waals surface area contributed by atoms with Crippen molar-refractivity contribution in [3.8, 4) is 0 Å². The number of carbonyl (C=O) groups is 2. The van der Waals surface area contributed by atoms with Gasteiger partial charge in [0.05, 0.1) is 5.69 Å². The Kier molecular flexibility index (Phi) is 2.89. The third kappa shape index (κ3) is 1.75. The molecule has 4 rings (SSSR count). The minimum Gasteiger partial charge on any atom is -0.269 e. The molecule has 1 aliphatic carbocycles. The molecule has 2 aromatic rings. The number of aryl methyl sites for hydroxylation is 1. The SMILES string of the molecule is Cc1ccc2ccccc2c1N1C(=O)C2=C(CCCC2)C1=O. The third-order valence-electron chi connectivity index (χ3n) is 4.72. The van der Waals surface area contributed by atoms with E-state index in [1.54, 1.807) is 0 Å². The van der Waals surface area contributed by atoms with E-state index in [1.807, 2.05) is 43.3 Å². The van der Waals surface area contributed by atoms with Gasteiger partial charge in [-0.1, -0.05) is 36.4 Å². The van der Waals surface area contributed by atoms with E-state index in [2.05, 4.69) is 0 Å². The van der Waals surface area contributed by atoms with Gasteiger partial charge < -0.3 is 0 Å². The average Bonchev–Trinajstić information content (AvgIpc) is 2.80. The number of rotatable bonds is 1. The number of fused-ring (bicyclic) bond motifs is 1. The molecule has 3 heteroatoms. The molecule has 0 fully saturated rings. The van der Waals surface area contributed by atoms with Crippen molar-refractivity contribution in [3.05, 3.63) is 53.1 Å². The summed E-state index contributed by atoms with van der Waals surface area (Å²) in [5, 5.41) is 2.01. The lowest BCUT2D eigenvalue weighted by Crippen LogP contribution is -2.32. The summed E-state index contributed by atoms with van der Waals surface area (Å²) in [5.74, 6) is -0.224. The number of anilines is 1. The molecule has 2 aromatic carbocycles. The maximum absolute atomic E-state index is 12.8. The van der Waals surface area contributed by atoms with Gasteiger partial charge in [-0.3, -0.25) is 9.59 Å². The van der Waals surface area contributed by atoms with Crippen LogP contribution in [0.25, 0.3) is 10.8 Å². The highest BCUT2D eigenvalue weighted by atomic mass is 16.2. The van der Waals surface area contributed by atoms with Crippen molar-refractivity contribution in [2.75, 3.05) is 4.90 Å². The predicted octanol–water partition coefficient (Wildman–Crippen LogP) is 3.89. The van der Waals surface area contributed by atoms with Gasteiger partial charge in [0, 0.05) is 16.5 Å². The summed E-state index contributed by atoms with van der Waals surface area (Å²) < 4.78 is 0. The Bertz CT molecular complexity index is 820. The second-order valence-electron chi connectivity index (χ2n) is 6.06. The highest BCUT2D eigenvalue weighted by molar-refractivity contribution is 6.35. The Labute approximate surface area is 129 Å². The highest BCUT2D eigenvalue weighted by Crippen LogP contribution is 2.39. The molecule has 0 spiro atoms. The van der Waals surface area contributed by atoms with Gasteiger partial charge in [0.25, 0.3) is 11.8 Å². The number of hydrogen-bond donors (Lipinski definition) is 0. The quantitative estimate of drug-likeness (QED) is 0.747. The summed E-state index contributed by atoms with van der Waals surface area (Å²) in [6.07, 6.45) is 3.47. The van der Waals surface area contributed by atoms with Crippen LogP contribution >= 0.6 is 0 Å². The summed E-state index contributed by atoms with van der Waals surface area (Å²) >= 11 is 0. The zero-order valence-electron chi connectivity index (χ0n) is 12.6. The molecular formula is C19H17NO2. The van der Waals surface area contributed by atoms with Gasteiger partial charge in [0.15, 0.2) is 0 Å². The van der Waals surface area contributed by atoms with Crippen LogP contribution in [0.2, 0.25) is 0 Å². The zero-order chi connectivity index (χ0) is 15.3. The second kappa shape index (κ2) is 4.80. The van der Waals surface area contributed by atoms with Crippen LogP contribution in [0.1, 0.15) is 31.2 Å². The largest absolute Gasteiger partial charge is 0.269 e. The van der Waals surface area contributed by atoms with Crippen LogP contribution in [-0.2, 0) is 9.59 Å². The summed E-state index contributed by atoms with van der Waals surface area (Å²) in [4.78, 5) is 27.0. The molecule has 0 radical (unpaired) electrons. The van der Waals surface area contributed by atoms with Crippen LogP contribution in [0.15, 0.2) is 47.5 Å². The fourth-order valence-electron chi connectivity index (χ4n) is 3.60. The smallest absolute Gasteiger partial charge is 0.261 e. The van der Waals surface area contributed by atoms with Crippen molar-refractivity contribution in [2.45, 2.75) is 32.6 Å². The molecule has 0 atom stereocenters. The standard InChI is InChI=1S/C19H17NO2/c1-12-10-11-13-6-2-3-7-14(13)17(12)20-18(21)15-8-4-5-9-16(15)19(20)22/h2-3,6-7,10-11H,4-5,8-9H2,1H3. The Morgan fingerprint density at radius 3 is 2.18 bits per heavy atom. The van der Waals surface area contributed by atoms with Crippen LogP contribution in [0.3, 0.4) is 0 Å². The van der Waals surface area contributed by atoms with Crippen molar-refractivity contribution in [2.24, 2.45) is 0 Å². The monoisotopic (exact) mass is 291 g/mol. The van der Waals surface area contributed by atoms with Gasteiger partial charge in [-0.15, -0.1) is 0 Å². The van der Waals surface area contributed by atoms with E-state index in [0.29, 0.717) is 0 Å². The lowest BCUT2D eigenvalue weighted by molar-refractivity contribution is -0.120. The van der Waals surface area contributed by atoms with Crippen molar-refractivity contribution in [3.63, 3.8) is 0 Å². The molecule has 110 valence electrons. The zero-order valence-corrected chi connectivity index (χ0v) is 12.6. The van der Waals surface area contributed by atoms with Gasteiger partial charge in [-0.25, -0.2) is 4.90 Å². The Hall–Kier alpha value is -2.42. The third-order valence-corrected chi connectivity index (χ3v) is 4.72. The van der Waals surface area contributed by atoms with E-state index in [1.165, 1.54) is 4.90 Å². The number of imide groups is 1. The molecule has 1 heterocycles. The molecule has 22 heavy (non-hydrogen) atoms. The van der Waals surface area contributed by atoms with Gasteiger partial charge in [0.2, 0.25) is 0 Å². The number of carbonyl (C=O) groups excluding carboxylic acids is 2. The van der Waals surface area contributed by atoms with Crippen molar-refractivity contribution >= 4 is 28.3 Å². The Morgan fingerprint density at radius 1 is 0.864 bits per heavy atom. The predicted molar refractivity (Wildman–Crippen MR) is 86.7 cm³/mol. The fourth-order valence-corrected chi connectivity index (χ4v) is 3.60. The molecule has 0 saturated heterocycles. The maximum Gasteiger partial charge on any atom is 0.261 e. The van der Waals surface area contributed by atoms with Crippen LogP contribution < -0.4 is 4.90 Å². The Balaban J connectivity index is 1.92. The summed E-state index contributed by atoms with van der Waals surface area (Å²) in [6.45, 7) is 1.96. The molecule has 0 bridgehead atoms. The highest BCUT2D eigenvalue weighted by Gasteiger charge is 2.40. The van der Waals surface area contributed by atoms with Crippen LogP contribution in [0.5, 0.6) is 0 Å². The number of amides is 2. The van der Waals surface area contributed by atoms with E-state index in [4.69, 9.17) is 0 Å². The number of nitrogens with zero attached hydrogens (tertiary/aromatic N) is 1. The molecule has 0 aromatic heterocycles. The first kappa shape index (κ1) is 13.3. The summed E-state index contributed by atoms with van der Waals surface area (Å²) in [5.41, 5.74) is 3.19. The lowest BCUT2D eigenvalue weighted by Gasteiger charge is -2.20. The normalized spacial score (nSPS) is 18.3. The maximum atomic E-state index is 12.8. The first-order valence-corrected chi connectivity index (χ1v) is 7.77. The first-order valence-electron chi connectivity index (χ1n) is 7.77. The molecule has 0 N–H and O–H groups in total. The minimum atomic E-state index is -0.112. The second-order valence-corrected chi connectivity index (χ2v) is 6.06. The van der Waals surface area contributed by atoms with E-state index in [0.717, 1.165) is 58.9 Å². The first-order chi connectivity index (χ1) is 10.7. The van der Waals surface area contributed by atoms with Crippen molar-refractivity contribution in [1.82, 2.24) is 0 Å². The Morgan fingerprint density at radius 2 is 1.50 bits per heavy atom. The summed E-state index contributed by atoms with van der Waals surface area (Å²) in [7, 11) is 0. The molecule has 3 nitrogen and oxygen atoms in total. The molecule has 1 aliphatic heterocycles. The van der Waals surface area contributed by atoms with E-state index >= 15 is 0 Å². The van der Waals surface area contributed by atoms with E-state index in [9.17, 15) is 9.59 Å². The molecule has 2 amide bonds. The van der Waals surface area contributed by atoms with Crippen LogP contribution in [0, 0.1) is 6.92 Å². The van der Waals surface area contributed by atoms with Crippen LogP contribution in [-0.4, -0.2) is 11.8 Å². The van der Waals surface area contributed by atoms with E-state index < -0.39 is 0 Å². The summed E-state index contributed by atoms with van der Waals surface area (Å²) in [6, 6.07) is 11.9.